The number of nitrogens with one attached hydrogen (secondary N) is 1. The largest absolute Gasteiger partial charge is 0.494 e. The topological polar surface area (TPSA) is 42.3 Å². The van der Waals surface area contributed by atoms with Crippen molar-refractivity contribution in [3.63, 3.8) is 0 Å². The highest BCUT2D eigenvalue weighted by atomic mass is 32.1. The molecule has 0 radical (unpaired) electrons. The quantitative estimate of drug-likeness (QED) is 0.376. The van der Waals surface area contributed by atoms with Crippen LogP contribution in [-0.2, 0) is 0 Å². The number of aryl methyl sites for hydroxylation is 1. The Labute approximate surface area is 199 Å². The molecule has 0 bridgehead atoms. The molecule has 5 nitrogen and oxygen atoms in total. The summed E-state index contributed by atoms with van der Waals surface area (Å²) in [6.07, 6.45) is 1.83. The minimum absolute atomic E-state index is 0.0840. The van der Waals surface area contributed by atoms with Crippen molar-refractivity contribution in [3.05, 3.63) is 108 Å². The predicted octanol–water partition coefficient (Wildman–Crippen LogP) is 5.76. The molecule has 166 valence electrons. The molecule has 1 saturated heterocycles. The number of para-hydroxylation sites is 1. The van der Waals surface area contributed by atoms with E-state index in [2.05, 4.69) is 81.3 Å². The average Bonchev–Trinajstić information content (AvgIpc) is 3.40. The number of rotatable bonds is 6. The summed E-state index contributed by atoms with van der Waals surface area (Å²) >= 11 is 5.87. The van der Waals surface area contributed by atoms with E-state index in [4.69, 9.17) is 17.0 Å². The summed E-state index contributed by atoms with van der Waals surface area (Å²) in [4.78, 5) is 6.86. The third kappa shape index (κ3) is 3.98. The van der Waals surface area contributed by atoms with Crippen LogP contribution in [0.15, 0.2) is 91.1 Å². The lowest BCUT2D eigenvalue weighted by molar-refractivity contribution is 0.340. The van der Waals surface area contributed by atoms with Crippen LogP contribution in [0.3, 0.4) is 0 Å². The Bertz CT molecular complexity index is 1240. The van der Waals surface area contributed by atoms with Gasteiger partial charge in [0, 0.05) is 29.0 Å². The van der Waals surface area contributed by atoms with Crippen LogP contribution in [0.5, 0.6) is 5.75 Å². The zero-order valence-corrected chi connectivity index (χ0v) is 19.5. The Morgan fingerprint density at radius 2 is 1.67 bits per heavy atom. The van der Waals surface area contributed by atoms with E-state index in [0.717, 1.165) is 28.5 Å². The molecule has 0 spiro atoms. The molecule has 0 unspecified atom stereocenters. The number of aromatic nitrogens is 2. The zero-order chi connectivity index (χ0) is 22.8. The van der Waals surface area contributed by atoms with Gasteiger partial charge in [-0.2, -0.15) is 0 Å². The third-order valence-electron chi connectivity index (χ3n) is 5.95. The lowest BCUT2D eigenvalue weighted by atomic mass is 10.0. The van der Waals surface area contributed by atoms with E-state index >= 15 is 0 Å². The lowest BCUT2D eigenvalue weighted by Gasteiger charge is -2.29. The average molecular weight is 455 g/mol. The van der Waals surface area contributed by atoms with Gasteiger partial charge >= 0.3 is 0 Å². The molecule has 2 aromatic heterocycles. The fourth-order valence-corrected chi connectivity index (χ4v) is 4.87. The Hall–Kier alpha value is -3.64. The van der Waals surface area contributed by atoms with Gasteiger partial charge in [0.2, 0.25) is 0 Å². The van der Waals surface area contributed by atoms with Crippen LogP contribution in [0.4, 0.5) is 5.69 Å². The molecule has 0 saturated carbocycles. The molecular formula is C27H26N4OS. The minimum atomic E-state index is -0.0953. The van der Waals surface area contributed by atoms with Gasteiger partial charge in [-0.05, 0) is 86.7 Å². The summed E-state index contributed by atoms with van der Waals surface area (Å²) in [6, 6.07) is 28.7. The highest BCUT2D eigenvalue weighted by Gasteiger charge is 2.42. The Balaban J connectivity index is 1.65. The van der Waals surface area contributed by atoms with Crippen LogP contribution >= 0.6 is 12.2 Å². The van der Waals surface area contributed by atoms with Crippen molar-refractivity contribution in [2.24, 2.45) is 0 Å². The van der Waals surface area contributed by atoms with Crippen molar-refractivity contribution in [3.8, 4) is 11.4 Å². The van der Waals surface area contributed by atoms with Crippen molar-refractivity contribution < 1.29 is 4.74 Å². The molecule has 5 rings (SSSR count). The Morgan fingerprint density at radius 3 is 2.36 bits per heavy atom. The van der Waals surface area contributed by atoms with Gasteiger partial charge in [-0.3, -0.25) is 4.98 Å². The number of nitrogens with zero attached hydrogens (tertiary/aromatic N) is 3. The number of anilines is 1. The summed E-state index contributed by atoms with van der Waals surface area (Å²) < 4.78 is 7.95. The van der Waals surface area contributed by atoms with Crippen LogP contribution in [0.2, 0.25) is 0 Å². The van der Waals surface area contributed by atoms with Crippen LogP contribution in [0.25, 0.3) is 5.69 Å². The molecular weight excluding hydrogens is 428 g/mol. The van der Waals surface area contributed by atoms with Gasteiger partial charge in [-0.25, -0.2) is 0 Å². The Morgan fingerprint density at radius 1 is 0.909 bits per heavy atom. The summed E-state index contributed by atoms with van der Waals surface area (Å²) in [5.41, 5.74) is 5.41. The maximum atomic E-state index is 5.87. The highest BCUT2D eigenvalue weighted by Crippen LogP contribution is 2.43. The van der Waals surface area contributed by atoms with Crippen molar-refractivity contribution in [2.45, 2.75) is 25.9 Å². The molecule has 6 heteroatoms. The molecule has 1 aliphatic rings. The molecule has 4 aromatic rings. The summed E-state index contributed by atoms with van der Waals surface area (Å²) in [5.74, 6) is 0.848. The lowest BCUT2D eigenvalue weighted by Crippen LogP contribution is -2.30. The smallest absolute Gasteiger partial charge is 0.174 e. The number of ether oxygens (including phenoxy) is 1. The second-order valence-electron chi connectivity index (χ2n) is 7.99. The SMILES string of the molecule is CCOc1ccc(N2C(=S)N[C@H](c3ccccn3)[C@H]2c2ccc(C)n2-c2ccccc2)cc1. The fourth-order valence-electron chi connectivity index (χ4n) is 4.52. The second kappa shape index (κ2) is 9.08. The van der Waals surface area contributed by atoms with Crippen LogP contribution in [-0.4, -0.2) is 21.3 Å². The number of hydrogen-bond donors (Lipinski definition) is 1. The number of pyridine rings is 1. The zero-order valence-electron chi connectivity index (χ0n) is 18.7. The monoisotopic (exact) mass is 454 g/mol. The predicted molar refractivity (Wildman–Crippen MR) is 136 cm³/mol. The second-order valence-corrected chi connectivity index (χ2v) is 8.38. The van der Waals surface area contributed by atoms with Gasteiger partial charge < -0.3 is 19.5 Å². The van der Waals surface area contributed by atoms with Gasteiger partial charge in [0.05, 0.1) is 18.3 Å². The van der Waals surface area contributed by atoms with Crippen molar-refractivity contribution >= 4 is 23.0 Å². The molecule has 3 heterocycles. The molecule has 33 heavy (non-hydrogen) atoms. The van der Waals surface area contributed by atoms with E-state index in [9.17, 15) is 0 Å². The van der Waals surface area contributed by atoms with E-state index in [1.807, 2.05) is 43.5 Å². The standard InChI is InChI=1S/C27H26N4OS/c1-3-32-22-15-13-21(14-16-22)31-26(25(29-27(31)33)23-11-7-8-18-28-23)24-17-12-19(2)30(24)20-9-5-4-6-10-20/h4-18,25-26H,3H2,1-2H3,(H,29,33)/t25-,26-/m1/s1. The van der Waals surface area contributed by atoms with Crippen molar-refractivity contribution in [1.82, 2.24) is 14.9 Å². The summed E-state index contributed by atoms with van der Waals surface area (Å²) in [6.45, 7) is 4.76. The van der Waals surface area contributed by atoms with E-state index in [1.54, 1.807) is 0 Å². The van der Waals surface area contributed by atoms with E-state index in [0.29, 0.717) is 11.7 Å². The summed E-state index contributed by atoms with van der Waals surface area (Å²) in [5, 5.41) is 4.22. The van der Waals surface area contributed by atoms with E-state index < -0.39 is 0 Å². The fraction of sp³-hybridized carbons (Fsp3) is 0.185. The number of thiocarbonyl (C=S) groups is 1. The summed E-state index contributed by atoms with van der Waals surface area (Å²) in [7, 11) is 0. The van der Waals surface area contributed by atoms with Gasteiger partial charge in [0.25, 0.3) is 0 Å². The van der Waals surface area contributed by atoms with Crippen LogP contribution in [0, 0.1) is 6.92 Å². The molecule has 0 aliphatic carbocycles. The van der Waals surface area contributed by atoms with Gasteiger partial charge in [-0.15, -0.1) is 0 Å². The first-order valence-corrected chi connectivity index (χ1v) is 11.6. The van der Waals surface area contributed by atoms with E-state index in [-0.39, 0.29) is 12.1 Å². The van der Waals surface area contributed by atoms with E-state index in [1.165, 1.54) is 5.69 Å². The van der Waals surface area contributed by atoms with Crippen molar-refractivity contribution in [1.29, 1.82) is 0 Å². The minimum Gasteiger partial charge on any atom is -0.494 e. The Kier molecular flexibility index (Phi) is 5.84. The first-order valence-electron chi connectivity index (χ1n) is 11.1. The molecule has 1 aliphatic heterocycles. The van der Waals surface area contributed by atoms with Gasteiger partial charge in [-0.1, -0.05) is 24.3 Å². The maximum absolute atomic E-state index is 5.87. The molecule has 0 amide bonds. The van der Waals surface area contributed by atoms with Crippen LogP contribution < -0.4 is 15.0 Å². The maximum Gasteiger partial charge on any atom is 0.174 e. The third-order valence-corrected chi connectivity index (χ3v) is 6.26. The first kappa shape index (κ1) is 21.2. The van der Waals surface area contributed by atoms with Crippen LogP contribution in [0.1, 0.15) is 36.1 Å². The molecule has 2 aromatic carbocycles. The number of benzene rings is 2. The van der Waals surface area contributed by atoms with Crippen molar-refractivity contribution in [2.75, 3.05) is 11.5 Å². The first-order chi connectivity index (χ1) is 16.2. The molecule has 1 N–H and O–H groups in total. The van der Waals surface area contributed by atoms with Gasteiger partial charge in [0.15, 0.2) is 5.11 Å². The highest BCUT2D eigenvalue weighted by molar-refractivity contribution is 7.80. The molecule has 1 fully saturated rings. The van der Waals surface area contributed by atoms with Gasteiger partial charge in [0.1, 0.15) is 11.8 Å². The number of hydrogen-bond acceptors (Lipinski definition) is 3. The molecule has 2 atom stereocenters. The normalized spacial score (nSPS) is 17.8.